The van der Waals surface area contributed by atoms with Crippen molar-refractivity contribution < 1.29 is 25.2 Å². The molecule has 0 saturated carbocycles. The second kappa shape index (κ2) is 8.68. The minimum absolute atomic E-state index is 0.156. The number of aliphatic hydroxyl groups is 3. The SMILES string of the molecule is C=CC(=O)[O-].CCC(CO)(CO)CO. The van der Waals surface area contributed by atoms with Gasteiger partial charge in [-0.2, -0.15) is 0 Å². The molecule has 0 bridgehead atoms. The van der Waals surface area contributed by atoms with Gasteiger partial charge in [-0.25, -0.2) is 0 Å². The van der Waals surface area contributed by atoms with Gasteiger partial charge in [0.25, 0.3) is 0 Å². The van der Waals surface area contributed by atoms with Crippen LogP contribution in [-0.4, -0.2) is 41.1 Å². The first-order chi connectivity index (χ1) is 6.51. The van der Waals surface area contributed by atoms with Crippen molar-refractivity contribution >= 4 is 5.97 Å². The molecule has 5 nitrogen and oxygen atoms in total. The maximum absolute atomic E-state index is 9.14. The first kappa shape index (κ1) is 15.6. The summed E-state index contributed by atoms with van der Waals surface area (Å²) in [5, 5.41) is 35.1. The van der Waals surface area contributed by atoms with E-state index in [0.717, 1.165) is 6.08 Å². The Morgan fingerprint density at radius 1 is 1.36 bits per heavy atom. The second-order valence-electron chi connectivity index (χ2n) is 2.85. The van der Waals surface area contributed by atoms with E-state index < -0.39 is 11.4 Å². The molecule has 0 aromatic rings. The molecule has 0 radical (unpaired) electrons. The van der Waals surface area contributed by atoms with Crippen LogP contribution in [0.5, 0.6) is 0 Å². The summed E-state index contributed by atoms with van der Waals surface area (Å²) in [5.74, 6) is -1.23. The lowest BCUT2D eigenvalue weighted by atomic mass is 9.88. The topological polar surface area (TPSA) is 101 Å². The summed E-state index contributed by atoms with van der Waals surface area (Å²) in [7, 11) is 0. The molecule has 0 aliphatic carbocycles. The Hall–Kier alpha value is -0.910. The summed E-state index contributed by atoms with van der Waals surface area (Å²) < 4.78 is 0. The van der Waals surface area contributed by atoms with Gasteiger partial charge >= 0.3 is 0 Å². The molecule has 0 unspecified atom stereocenters. The monoisotopic (exact) mass is 205 g/mol. The third-order valence-corrected chi connectivity index (χ3v) is 1.92. The average Bonchev–Trinajstić information content (AvgIpc) is 2.23. The first-order valence-electron chi connectivity index (χ1n) is 4.18. The van der Waals surface area contributed by atoms with E-state index in [4.69, 9.17) is 25.2 Å². The highest BCUT2D eigenvalue weighted by Crippen LogP contribution is 2.18. The number of hydrogen-bond donors (Lipinski definition) is 3. The van der Waals surface area contributed by atoms with Gasteiger partial charge in [0.2, 0.25) is 0 Å². The van der Waals surface area contributed by atoms with Gasteiger partial charge < -0.3 is 25.2 Å². The fourth-order valence-electron chi connectivity index (χ4n) is 0.485. The van der Waals surface area contributed by atoms with Crippen LogP contribution in [0.1, 0.15) is 13.3 Å². The minimum atomic E-state index is -1.23. The van der Waals surface area contributed by atoms with Crippen LogP contribution in [0.25, 0.3) is 0 Å². The van der Waals surface area contributed by atoms with Crippen LogP contribution in [-0.2, 0) is 4.79 Å². The predicted molar refractivity (Wildman–Crippen MR) is 49.2 cm³/mol. The van der Waals surface area contributed by atoms with Crippen molar-refractivity contribution in [2.45, 2.75) is 13.3 Å². The summed E-state index contributed by atoms with van der Waals surface area (Å²) in [4.78, 5) is 9.14. The van der Waals surface area contributed by atoms with E-state index in [2.05, 4.69) is 6.58 Å². The van der Waals surface area contributed by atoms with Gasteiger partial charge in [-0.05, 0) is 12.5 Å². The number of carboxylic acid groups (broad SMARTS) is 1. The van der Waals surface area contributed by atoms with Crippen molar-refractivity contribution in [3.63, 3.8) is 0 Å². The quantitative estimate of drug-likeness (QED) is 0.464. The largest absolute Gasteiger partial charge is 0.545 e. The molecular formula is C9H17O5-. The van der Waals surface area contributed by atoms with Crippen molar-refractivity contribution in [1.82, 2.24) is 0 Å². The van der Waals surface area contributed by atoms with Gasteiger partial charge in [0.15, 0.2) is 0 Å². The lowest BCUT2D eigenvalue weighted by Crippen LogP contribution is -2.32. The van der Waals surface area contributed by atoms with Crippen molar-refractivity contribution in [1.29, 1.82) is 0 Å². The van der Waals surface area contributed by atoms with E-state index in [1.807, 2.05) is 6.92 Å². The lowest BCUT2D eigenvalue weighted by molar-refractivity contribution is -0.297. The Kier molecular flexibility index (Phi) is 9.64. The number of aliphatic carboxylic acids is 1. The maximum atomic E-state index is 9.14. The van der Waals surface area contributed by atoms with Gasteiger partial charge in [0.1, 0.15) is 0 Å². The standard InChI is InChI=1S/C6H14O3.C3H4O2/c1-2-6(3-7,4-8)5-9;1-2-3(4)5/h7-9H,2-5H2,1H3;2H,1H2,(H,4,5)/p-1. The second-order valence-corrected chi connectivity index (χ2v) is 2.85. The Labute approximate surface area is 83.3 Å². The average molecular weight is 205 g/mol. The molecule has 0 aromatic heterocycles. The van der Waals surface area contributed by atoms with E-state index >= 15 is 0 Å². The summed E-state index contributed by atoms with van der Waals surface area (Å²) >= 11 is 0. The molecule has 0 amide bonds. The fourth-order valence-corrected chi connectivity index (χ4v) is 0.485. The highest BCUT2D eigenvalue weighted by molar-refractivity contribution is 5.76. The van der Waals surface area contributed by atoms with Crippen LogP contribution in [0.4, 0.5) is 0 Å². The summed E-state index contributed by atoms with van der Waals surface area (Å²) in [6, 6.07) is 0. The molecule has 0 aliphatic rings. The Morgan fingerprint density at radius 3 is 1.64 bits per heavy atom. The van der Waals surface area contributed by atoms with Gasteiger partial charge in [-0.1, -0.05) is 13.5 Å². The van der Waals surface area contributed by atoms with Gasteiger partial charge in [-0.3, -0.25) is 0 Å². The van der Waals surface area contributed by atoms with Gasteiger partial charge in [0.05, 0.1) is 25.8 Å². The van der Waals surface area contributed by atoms with Crippen molar-refractivity contribution in [2.75, 3.05) is 19.8 Å². The first-order valence-corrected chi connectivity index (χ1v) is 4.18. The van der Waals surface area contributed by atoms with Crippen LogP contribution in [0.3, 0.4) is 0 Å². The number of aliphatic hydroxyl groups excluding tert-OH is 3. The lowest BCUT2D eigenvalue weighted by Gasteiger charge is -2.24. The molecule has 14 heavy (non-hydrogen) atoms. The highest BCUT2D eigenvalue weighted by atomic mass is 16.4. The smallest absolute Gasteiger partial charge is 0.0636 e. The zero-order chi connectivity index (χ0) is 11.6. The molecule has 0 saturated heterocycles. The van der Waals surface area contributed by atoms with Gasteiger partial charge in [-0.15, -0.1) is 0 Å². The molecule has 5 heteroatoms. The van der Waals surface area contributed by atoms with Crippen molar-refractivity contribution in [3.05, 3.63) is 12.7 Å². The minimum Gasteiger partial charge on any atom is -0.545 e. The molecule has 0 aliphatic heterocycles. The summed E-state index contributed by atoms with van der Waals surface area (Å²) in [5.41, 5.74) is -0.667. The van der Waals surface area contributed by atoms with Crippen LogP contribution < -0.4 is 5.11 Å². The molecule has 0 fully saturated rings. The van der Waals surface area contributed by atoms with Crippen LogP contribution in [0.15, 0.2) is 12.7 Å². The number of rotatable bonds is 5. The van der Waals surface area contributed by atoms with E-state index in [9.17, 15) is 0 Å². The maximum Gasteiger partial charge on any atom is 0.0636 e. The molecule has 0 spiro atoms. The van der Waals surface area contributed by atoms with Crippen LogP contribution >= 0.6 is 0 Å². The summed E-state index contributed by atoms with van der Waals surface area (Å²) in [6.07, 6.45) is 1.32. The molecule has 84 valence electrons. The van der Waals surface area contributed by atoms with E-state index in [-0.39, 0.29) is 19.8 Å². The number of carboxylic acids is 1. The molecule has 0 aromatic carbocycles. The third kappa shape index (κ3) is 6.59. The fraction of sp³-hybridized carbons (Fsp3) is 0.667. The summed E-state index contributed by atoms with van der Waals surface area (Å²) in [6.45, 7) is 4.25. The Bertz CT molecular complexity index is 145. The van der Waals surface area contributed by atoms with Crippen molar-refractivity contribution in [3.8, 4) is 0 Å². The van der Waals surface area contributed by atoms with Crippen LogP contribution in [0.2, 0.25) is 0 Å². The number of carbonyl (C=O) groups is 1. The molecule has 3 N–H and O–H groups in total. The highest BCUT2D eigenvalue weighted by Gasteiger charge is 2.24. The van der Waals surface area contributed by atoms with E-state index in [1.165, 1.54) is 0 Å². The van der Waals surface area contributed by atoms with Crippen molar-refractivity contribution in [2.24, 2.45) is 5.41 Å². The molecule has 0 atom stereocenters. The normalized spacial score (nSPS) is 10.0. The van der Waals surface area contributed by atoms with Gasteiger partial charge in [0, 0.05) is 5.41 Å². The van der Waals surface area contributed by atoms with E-state index in [0.29, 0.717) is 6.42 Å². The van der Waals surface area contributed by atoms with E-state index in [1.54, 1.807) is 0 Å². The molecule has 0 rings (SSSR count). The zero-order valence-electron chi connectivity index (χ0n) is 8.27. The Balaban J connectivity index is 0. The third-order valence-electron chi connectivity index (χ3n) is 1.92. The Morgan fingerprint density at radius 2 is 1.64 bits per heavy atom. The predicted octanol–water partition coefficient (Wildman–Crippen LogP) is -1.72. The zero-order valence-corrected chi connectivity index (χ0v) is 8.27. The molecular weight excluding hydrogens is 188 g/mol. The van der Waals surface area contributed by atoms with Crippen LogP contribution in [0, 0.1) is 5.41 Å². The number of carbonyl (C=O) groups excluding carboxylic acids is 1. The number of hydrogen-bond acceptors (Lipinski definition) is 5. The molecule has 0 heterocycles.